The van der Waals surface area contributed by atoms with E-state index in [9.17, 15) is 0 Å². The number of hydrogen-bond acceptors (Lipinski definition) is 4. The third kappa shape index (κ3) is 2.56. The van der Waals surface area contributed by atoms with E-state index in [1.807, 2.05) is 50.4 Å². The van der Waals surface area contributed by atoms with Gasteiger partial charge < -0.3 is 9.73 Å². The van der Waals surface area contributed by atoms with E-state index in [0.29, 0.717) is 11.6 Å². The van der Waals surface area contributed by atoms with Gasteiger partial charge in [0.2, 0.25) is 0 Å². The van der Waals surface area contributed by atoms with Crippen molar-refractivity contribution in [2.45, 2.75) is 6.92 Å². The first-order valence-corrected chi connectivity index (χ1v) is 7.35. The van der Waals surface area contributed by atoms with Crippen LogP contribution < -0.4 is 5.32 Å². The lowest BCUT2D eigenvalue weighted by Crippen LogP contribution is -2.02. The maximum absolute atomic E-state index is 5.48. The highest BCUT2D eigenvalue weighted by Crippen LogP contribution is 2.32. The standard InChI is InChI=1S/C16H14BrN3O/c1-10-13(11-6-4-3-5-7-11)19-16(20-15(10)18-2)14-12(17)8-9-21-14/h3-9H,1-2H3,(H,18,19,20). The van der Waals surface area contributed by atoms with Gasteiger partial charge in [-0.2, -0.15) is 0 Å². The minimum absolute atomic E-state index is 0.556. The molecule has 2 heterocycles. The monoisotopic (exact) mass is 343 g/mol. The Morgan fingerprint density at radius 1 is 1.10 bits per heavy atom. The minimum Gasteiger partial charge on any atom is -0.460 e. The van der Waals surface area contributed by atoms with Crippen LogP contribution in [0.2, 0.25) is 0 Å². The second-order valence-electron chi connectivity index (χ2n) is 4.58. The van der Waals surface area contributed by atoms with Crippen molar-refractivity contribution in [3.05, 3.63) is 52.7 Å². The number of furan rings is 1. The summed E-state index contributed by atoms with van der Waals surface area (Å²) >= 11 is 3.45. The molecule has 0 saturated heterocycles. The number of aromatic nitrogens is 2. The van der Waals surface area contributed by atoms with E-state index in [-0.39, 0.29) is 0 Å². The Balaban J connectivity index is 2.23. The lowest BCUT2D eigenvalue weighted by molar-refractivity contribution is 0.576. The van der Waals surface area contributed by atoms with Crippen molar-refractivity contribution >= 4 is 21.7 Å². The van der Waals surface area contributed by atoms with E-state index in [0.717, 1.165) is 27.1 Å². The van der Waals surface area contributed by atoms with Crippen LogP contribution >= 0.6 is 15.9 Å². The quantitative estimate of drug-likeness (QED) is 0.759. The van der Waals surface area contributed by atoms with Gasteiger partial charge in [0, 0.05) is 18.2 Å². The molecule has 21 heavy (non-hydrogen) atoms. The summed E-state index contributed by atoms with van der Waals surface area (Å²) in [5.74, 6) is 1.98. The molecule has 106 valence electrons. The van der Waals surface area contributed by atoms with Crippen LogP contribution in [0.1, 0.15) is 5.56 Å². The first-order chi connectivity index (χ1) is 10.2. The van der Waals surface area contributed by atoms with Gasteiger partial charge in [0.1, 0.15) is 5.82 Å². The highest BCUT2D eigenvalue weighted by molar-refractivity contribution is 9.10. The maximum Gasteiger partial charge on any atom is 0.199 e. The zero-order chi connectivity index (χ0) is 14.8. The van der Waals surface area contributed by atoms with Crippen molar-refractivity contribution in [2.75, 3.05) is 12.4 Å². The fraction of sp³-hybridized carbons (Fsp3) is 0.125. The molecule has 1 aromatic carbocycles. The maximum atomic E-state index is 5.48. The largest absolute Gasteiger partial charge is 0.460 e. The Labute approximate surface area is 131 Å². The SMILES string of the molecule is CNc1nc(-c2occc2Br)nc(-c2ccccc2)c1C. The topological polar surface area (TPSA) is 51.0 Å². The van der Waals surface area contributed by atoms with Gasteiger partial charge in [-0.15, -0.1) is 0 Å². The summed E-state index contributed by atoms with van der Waals surface area (Å²) in [6.45, 7) is 2.01. The zero-order valence-corrected chi connectivity index (χ0v) is 13.3. The average Bonchev–Trinajstić information content (AvgIpc) is 2.94. The number of nitrogens with one attached hydrogen (secondary N) is 1. The first kappa shape index (κ1) is 13.8. The van der Waals surface area contributed by atoms with Crippen LogP contribution in [0.4, 0.5) is 5.82 Å². The molecule has 4 nitrogen and oxygen atoms in total. The molecule has 0 radical (unpaired) electrons. The van der Waals surface area contributed by atoms with Crippen LogP contribution in [-0.2, 0) is 0 Å². The molecule has 5 heteroatoms. The molecule has 3 rings (SSSR count). The molecular weight excluding hydrogens is 330 g/mol. The molecule has 0 unspecified atom stereocenters. The molecule has 0 spiro atoms. The average molecular weight is 344 g/mol. The number of hydrogen-bond donors (Lipinski definition) is 1. The smallest absolute Gasteiger partial charge is 0.199 e. The van der Waals surface area contributed by atoms with Gasteiger partial charge >= 0.3 is 0 Å². The molecule has 0 atom stereocenters. The zero-order valence-electron chi connectivity index (χ0n) is 11.7. The summed E-state index contributed by atoms with van der Waals surface area (Å²) in [7, 11) is 1.85. The molecule has 1 N–H and O–H groups in total. The summed E-state index contributed by atoms with van der Waals surface area (Å²) in [5, 5.41) is 3.12. The van der Waals surface area contributed by atoms with Gasteiger partial charge in [0.25, 0.3) is 0 Å². The van der Waals surface area contributed by atoms with Gasteiger partial charge in [-0.3, -0.25) is 0 Å². The number of anilines is 1. The summed E-state index contributed by atoms with van der Waals surface area (Å²) in [6.07, 6.45) is 1.61. The Morgan fingerprint density at radius 2 is 1.86 bits per heavy atom. The van der Waals surface area contributed by atoms with Gasteiger partial charge in [0.05, 0.1) is 16.4 Å². The van der Waals surface area contributed by atoms with Crippen LogP contribution in [0.25, 0.3) is 22.8 Å². The van der Waals surface area contributed by atoms with Crippen molar-refractivity contribution < 1.29 is 4.42 Å². The Kier molecular flexibility index (Phi) is 3.75. The lowest BCUT2D eigenvalue weighted by Gasteiger charge is -2.11. The molecule has 3 aromatic rings. The summed E-state index contributed by atoms with van der Waals surface area (Å²) in [6, 6.07) is 11.9. The molecule has 0 fully saturated rings. The molecule has 0 bridgehead atoms. The van der Waals surface area contributed by atoms with E-state index in [2.05, 4.69) is 31.2 Å². The first-order valence-electron chi connectivity index (χ1n) is 6.56. The molecule has 0 aliphatic heterocycles. The third-order valence-corrected chi connectivity index (χ3v) is 3.87. The van der Waals surface area contributed by atoms with E-state index >= 15 is 0 Å². The molecule has 0 saturated carbocycles. The van der Waals surface area contributed by atoms with E-state index in [1.165, 1.54) is 0 Å². The normalized spacial score (nSPS) is 10.6. The summed E-state index contributed by atoms with van der Waals surface area (Å²) in [5.41, 5.74) is 2.96. The lowest BCUT2D eigenvalue weighted by atomic mass is 10.1. The Morgan fingerprint density at radius 3 is 2.48 bits per heavy atom. The molecular formula is C16H14BrN3O. The van der Waals surface area contributed by atoms with E-state index < -0.39 is 0 Å². The Bertz CT molecular complexity index is 768. The van der Waals surface area contributed by atoms with Crippen LogP contribution in [0.15, 0.2) is 51.6 Å². The van der Waals surface area contributed by atoms with Gasteiger partial charge in [0.15, 0.2) is 11.6 Å². The number of rotatable bonds is 3. The Hall–Kier alpha value is -2.14. The van der Waals surface area contributed by atoms with E-state index in [1.54, 1.807) is 6.26 Å². The van der Waals surface area contributed by atoms with Crippen molar-refractivity contribution in [2.24, 2.45) is 0 Å². The van der Waals surface area contributed by atoms with Gasteiger partial charge in [-0.05, 0) is 28.9 Å². The molecule has 0 amide bonds. The highest BCUT2D eigenvalue weighted by atomic mass is 79.9. The number of nitrogens with zero attached hydrogens (tertiary/aromatic N) is 2. The number of benzene rings is 1. The van der Waals surface area contributed by atoms with Crippen molar-refractivity contribution in [1.29, 1.82) is 0 Å². The van der Waals surface area contributed by atoms with Crippen LogP contribution in [-0.4, -0.2) is 17.0 Å². The minimum atomic E-state index is 0.556. The number of halogens is 1. The molecule has 2 aromatic heterocycles. The second kappa shape index (κ2) is 5.69. The fourth-order valence-electron chi connectivity index (χ4n) is 2.19. The molecule has 0 aliphatic carbocycles. The summed E-state index contributed by atoms with van der Waals surface area (Å²) in [4.78, 5) is 9.21. The van der Waals surface area contributed by atoms with Crippen molar-refractivity contribution in [3.63, 3.8) is 0 Å². The highest BCUT2D eigenvalue weighted by Gasteiger charge is 2.16. The summed E-state index contributed by atoms with van der Waals surface area (Å²) < 4.78 is 6.32. The second-order valence-corrected chi connectivity index (χ2v) is 5.44. The van der Waals surface area contributed by atoms with Crippen LogP contribution in [0.5, 0.6) is 0 Å². The predicted octanol–water partition coefficient (Wildman–Crippen LogP) is 4.52. The van der Waals surface area contributed by atoms with Crippen LogP contribution in [0, 0.1) is 6.92 Å². The predicted molar refractivity (Wildman–Crippen MR) is 87.2 cm³/mol. The van der Waals surface area contributed by atoms with Crippen molar-refractivity contribution in [1.82, 2.24) is 9.97 Å². The fourth-order valence-corrected chi connectivity index (χ4v) is 2.57. The van der Waals surface area contributed by atoms with Gasteiger partial charge in [-0.1, -0.05) is 30.3 Å². The van der Waals surface area contributed by atoms with E-state index in [4.69, 9.17) is 4.42 Å². The van der Waals surface area contributed by atoms with Crippen molar-refractivity contribution in [3.8, 4) is 22.8 Å². The van der Waals surface area contributed by atoms with Crippen LogP contribution in [0.3, 0.4) is 0 Å². The third-order valence-electron chi connectivity index (χ3n) is 3.25. The van der Waals surface area contributed by atoms with Gasteiger partial charge in [-0.25, -0.2) is 9.97 Å². The molecule has 0 aliphatic rings.